The molecule has 1 aliphatic carbocycles. The molecular formula is C30H33FO4S. The third kappa shape index (κ3) is 7.03. The second-order valence-corrected chi connectivity index (χ2v) is 11.3. The van der Waals surface area contributed by atoms with E-state index in [9.17, 15) is 14.3 Å². The van der Waals surface area contributed by atoms with Gasteiger partial charge in [0.2, 0.25) is 0 Å². The van der Waals surface area contributed by atoms with Crippen molar-refractivity contribution in [3.05, 3.63) is 77.6 Å². The molecule has 4 rings (SSSR count). The highest BCUT2D eigenvalue weighted by Gasteiger charge is 2.27. The first kappa shape index (κ1) is 26.1. The van der Waals surface area contributed by atoms with Crippen molar-refractivity contribution in [2.24, 2.45) is 5.92 Å². The maximum atomic E-state index is 14.7. The zero-order valence-corrected chi connectivity index (χ0v) is 21.8. The molecule has 0 aliphatic heterocycles. The molecule has 0 spiro atoms. The lowest BCUT2D eigenvalue weighted by atomic mass is 9.90. The first-order valence-corrected chi connectivity index (χ1v) is 13.3. The number of carboxylic acid groups (broad SMARTS) is 1. The molecule has 4 nitrogen and oxygen atoms in total. The Labute approximate surface area is 216 Å². The van der Waals surface area contributed by atoms with Crippen LogP contribution >= 0.6 is 11.8 Å². The van der Waals surface area contributed by atoms with Gasteiger partial charge in [-0.15, -0.1) is 11.8 Å². The molecule has 0 bridgehead atoms. The van der Waals surface area contributed by atoms with E-state index in [1.54, 1.807) is 31.0 Å². The third-order valence-corrected chi connectivity index (χ3v) is 7.41. The minimum absolute atomic E-state index is 0.00429. The first-order chi connectivity index (χ1) is 17.3. The van der Waals surface area contributed by atoms with Gasteiger partial charge in [0.15, 0.2) is 0 Å². The minimum atomic E-state index is -0.769. The maximum Gasteiger partial charge on any atom is 0.303 e. The van der Waals surface area contributed by atoms with E-state index in [0.717, 1.165) is 33.8 Å². The van der Waals surface area contributed by atoms with E-state index in [0.29, 0.717) is 29.1 Å². The molecule has 3 aromatic carbocycles. The molecule has 0 amide bonds. The molecule has 0 heterocycles. The summed E-state index contributed by atoms with van der Waals surface area (Å²) in [5.74, 6) is 0.925. The lowest BCUT2D eigenvalue weighted by Crippen LogP contribution is -2.07. The normalized spacial score (nSPS) is 14.0. The number of thioether (sulfide) groups is 1. The molecule has 0 radical (unpaired) electrons. The average Bonchev–Trinajstić information content (AvgIpc) is 3.67. The summed E-state index contributed by atoms with van der Waals surface area (Å²) in [6, 6.07) is 18.5. The Bertz CT molecular complexity index is 1210. The lowest BCUT2D eigenvalue weighted by molar-refractivity contribution is -0.137. The largest absolute Gasteiger partial charge is 0.497 e. The van der Waals surface area contributed by atoms with E-state index < -0.39 is 5.97 Å². The fraction of sp³-hybridized carbons (Fsp3) is 0.367. The molecule has 1 saturated carbocycles. The summed E-state index contributed by atoms with van der Waals surface area (Å²) in [5, 5.41) is 9.70. The van der Waals surface area contributed by atoms with Crippen LogP contribution in [0.3, 0.4) is 0 Å². The van der Waals surface area contributed by atoms with E-state index in [4.69, 9.17) is 9.47 Å². The van der Waals surface area contributed by atoms with Crippen molar-refractivity contribution in [2.45, 2.75) is 62.2 Å². The summed E-state index contributed by atoms with van der Waals surface area (Å²) in [4.78, 5) is 12.4. The van der Waals surface area contributed by atoms with Gasteiger partial charge in [-0.1, -0.05) is 51.0 Å². The highest BCUT2D eigenvalue weighted by molar-refractivity contribution is 8.00. The van der Waals surface area contributed by atoms with Crippen molar-refractivity contribution in [1.29, 1.82) is 0 Å². The molecule has 0 saturated heterocycles. The topological polar surface area (TPSA) is 55.8 Å². The SMILES string of the molecule is COc1ccc(F)c(-c2ccc(COc3cccc(C(CC(=O)O)CC4CC4)c3)cc2SC(C)C)c1. The van der Waals surface area contributed by atoms with Gasteiger partial charge in [0, 0.05) is 15.7 Å². The number of benzene rings is 3. The zero-order chi connectivity index (χ0) is 25.7. The number of halogens is 1. The van der Waals surface area contributed by atoms with Crippen LogP contribution in [-0.2, 0) is 11.4 Å². The molecular weight excluding hydrogens is 475 g/mol. The van der Waals surface area contributed by atoms with Gasteiger partial charge in [-0.2, -0.15) is 0 Å². The highest BCUT2D eigenvalue weighted by atomic mass is 32.2. The number of hydrogen-bond donors (Lipinski definition) is 1. The second kappa shape index (κ2) is 11.8. The number of aliphatic carboxylic acids is 1. The molecule has 6 heteroatoms. The van der Waals surface area contributed by atoms with Crippen molar-refractivity contribution < 1.29 is 23.8 Å². The molecule has 1 aliphatic rings. The Morgan fingerprint density at radius 1 is 1.06 bits per heavy atom. The van der Waals surface area contributed by atoms with Crippen molar-refractivity contribution in [1.82, 2.24) is 0 Å². The number of ether oxygens (including phenoxy) is 2. The standard InChI is InChI=1S/C30H33FO4S/c1-19(2)36-29-14-21(9-11-26(29)27-17-24(34-3)10-12-28(27)31)18-35-25-6-4-5-22(15-25)23(16-30(32)33)13-20-7-8-20/h4-6,9-12,14-15,17,19-20,23H,7-8,13,16,18H2,1-3H3,(H,32,33). The van der Waals surface area contributed by atoms with E-state index in [2.05, 4.69) is 19.9 Å². The fourth-order valence-electron chi connectivity index (χ4n) is 4.40. The van der Waals surface area contributed by atoms with Crippen LogP contribution in [0.5, 0.6) is 11.5 Å². The summed E-state index contributed by atoms with van der Waals surface area (Å²) in [6.45, 7) is 4.59. The zero-order valence-electron chi connectivity index (χ0n) is 21.0. The number of rotatable bonds is 12. The molecule has 1 N–H and O–H groups in total. The summed E-state index contributed by atoms with van der Waals surface area (Å²) in [5.41, 5.74) is 3.34. The molecule has 1 unspecified atom stereocenters. The van der Waals surface area contributed by atoms with E-state index in [1.807, 2.05) is 36.4 Å². The Hall–Kier alpha value is -2.99. The van der Waals surface area contributed by atoms with Crippen LogP contribution < -0.4 is 9.47 Å². The van der Waals surface area contributed by atoms with Gasteiger partial charge >= 0.3 is 5.97 Å². The van der Waals surface area contributed by atoms with Crippen molar-refractivity contribution in [3.63, 3.8) is 0 Å². The maximum absolute atomic E-state index is 14.7. The van der Waals surface area contributed by atoms with Crippen LogP contribution in [0.4, 0.5) is 4.39 Å². The number of methoxy groups -OCH3 is 1. The third-order valence-electron chi connectivity index (χ3n) is 6.34. The van der Waals surface area contributed by atoms with E-state index in [1.165, 1.54) is 18.9 Å². The van der Waals surface area contributed by atoms with Gasteiger partial charge in [0.05, 0.1) is 13.5 Å². The number of carbonyl (C=O) groups is 1. The van der Waals surface area contributed by atoms with Gasteiger partial charge < -0.3 is 14.6 Å². The molecule has 36 heavy (non-hydrogen) atoms. The molecule has 1 atom stereocenters. The molecule has 190 valence electrons. The Balaban J connectivity index is 1.54. The number of carboxylic acids is 1. The van der Waals surface area contributed by atoms with Gasteiger partial charge in [-0.05, 0) is 71.3 Å². The van der Waals surface area contributed by atoms with Crippen LogP contribution in [-0.4, -0.2) is 23.4 Å². The first-order valence-electron chi connectivity index (χ1n) is 12.4. The van der Waals surface area contributed by atoms with Crippen molar-refractivity contribution in [3.8, 4) is 22.6 Å². The summed E-state index contributed by atoms with van der Waals surface area (Å²) < 4.78 is 26.2. The van der Waals surface area contributed by atoms with Crippen LogP contribution in [0, 0.1) is 11.7 Å². The predicted octanol–water partition coefficient (Wildman–Crippen LogP) is 7.94. The van der Waals surface area contributed by atoms with Crippen LogP contribution in [0.2, 0.25) is 0 Å². The Kier molecular flexibility index (Phi) is 8.57. The quantitative estimate of drug-likeness (QED) is 0.252. The van der Waals surface area contributed by atoms with E-state index >= 15 is 0 Å². The summed E-state index contributed by atoms with van der Waals surface area (Å²) in [7, 11) is 1.58. The minimum Gasteiger partial charge on any atom is -0.497 e. The molecule has 0 aromatic heterocycles. The van der Waals surface area contributed by atoms with Gasteiger partial charge in [0.25, 0.3) is 0 Å². The summed E-state index contributed by atoms with van der Waals surface area (Å²) in [6.07, 6.45) is 3.43. The van der Waals surface area contributed by atoms with Crippen LogP contribution in [0.15, 0.2) is 65.6 Å². The molecule has 1 fully saturated rings. The van der Waals surface area contributed by atoms with E-state index in [-0.39, 0.29) is 18.2 Å². The van der Waals surface area contributed by atoms with Gasteiger partial charge in [-0.3, -0.25) is 4.79 Å². The smallest absolute Gasteiger partial charge is 0.303 e. The Morgan fingerprint density at radius 2 is 1.86 bits per heavy atom. The average molecular weight is 509 g/mol. The number of hydrogen-bond acceptors (Lipinski definition) is 4. The monoisotopic (exact) mass is 508 g/mol. The highest BCUT2D eigenvalue weighted by Crippen LogP contribution is 2.41. The van der Waals surface area contributed by atoms with Crippen molar-refractivity contribution >= 4 is 17.7 Å². The van der Waals surface area contributed by atoms with Crippen LogP contribution in [0.1, 0.15) is 56.6 Å². The second-order valence-electron chi connectivity index (χ2n) is 9.68. The van der Waals surface area contributed by atoms with Crippen molar-refractivity contribution in [2.75, 3.05) is 7.11 Å². The summed E-state index contributed by atoms with van der Waals surface area (Å²) >= 11 is 1.68. The van der Waals surface area contributed by atoms with Crippen LogP contribution in [0.25, 0.3) is 11.1 Å². The Morgan fingerprint density at radius 3 is 2.56 bits per heavy atom. The fourth-order valence-corrected chi connectivity index (χ4v) is 5.43. The van der Waals surface area contributed by atoms with Gasteiger partial charge in [-0.25, -0.2) is 4.39 Å². The molecule has 3 aromatic rings. The lowest BCUT2D eigenvalue weighted by Gasteiger charge is -2.17. The van der Waals surface area contributed by atoms with Gasteiger partial charge in [0.1, 0.15) is 23.9 Å². The predicted molar refractivity (Wildman–Crippen MR) is 142 cm³/mol.